The van der Waals surface area contributed by atoms with Gasteiger partial charge in [0.25, 0.3) is 0 Å². The Morgan fingerprint density at radius 2 is 0.886 bits per heavy atom. The van der Waals surface area contributed by atoms with E-state index in [1.54, 1.807) is 0 Å². The van der Waals surface area contributed by atoms with Crippen molar-refractivity contribution in [2.45, 2.75) is 269 Å². The highest BCUT2D eigenvalue weighted by atomic mass is 16.7. The number of nitrogens with one attached hydrogen (secondary N) is 1. The summed E-state index contributed by atoms with van der Waals surface area (Å²) in [6.45, 7) is 3.71. The predicted molar refractivity (Wildman–Crippen MR) is 294 cm³/mol. The number of unbranched alkanes of at least 4 members (excludes halogenated alkanes) is 21. The molecule has 1 amide bonds. The smallest absolute Gasteiger partial charge is 0.220 e. The van der Waals surface area contributed by atoms with Crippen LogP contribution in [0.25, 0.3) is 0 Å². The van der Waals surface area contributed by atoms with E-state index in [4.69, 9.17) is 9.47 Å². The quantitative estimate of drug-likeness (QED) is 0.0261. The molecule has 7 atom stereocenters. The van der Waals surface area contributed by atoms with Crippen molar-refractivity contribution in [3.8, 4) is 0 Å². The first-order valence-electron chi connectivity index (χ1n) is 28.4. The van der Waals surface area contributed by atoms with Gasteiger partial charge in [0.1, 0.15) is 24.4 Å². The highest BCUT2D eigenvalue weighted by molar-refractivity contribution is 5.76. The number of ether oxygens (including phenoxy) is 2. The van der Waals surface area contributed by atoms with Gasteiger partial charge in [-0.3, -0.25) is 4.79 Å². The second-order valence-electron chi connectivity index (χ2n) is 19.4. The van der Waals surface area contributed by atoms with Crippen molar-refractivity contribution in [3.05, 3.63) is 97.2 Å². The van der Waals surface area contributed by atoms with Gasteiger partial charge in [-0.2, -0.15) is 0 Å². The predicted octanol–water partition coefficient (Wildman–Crippen LogP) is 14.0. The van der Waals surface area contributed by atoms with E-state index in [-0.39, 0.29) is 12.5 Å². The van der Waals surface area contributed by atoms with Crippen LogP contribution in [0.4, 0.5) is 0 Å². The van der Waals surface area contributed by atoms with Crippen LogP contribution >= 0.6 is 0 Å². The first-order valence-corrected chi connectivity index (χ1v) is 28.4. The van der Waals surface area contributed by atoms with E-state index in [1.165, 1.54) is 103 Å². The van der Waals surface area contributed by atoms with Gasteiger partial charge in [-0.05, 0) is 77.0 Å². The van der Waals surface area contributed by atoms with E-state index in [0.717, 1.165) is 96.3 Å². The summed E-state index contributed by atoms with van der Waals surface area (Å²) in [5.74, 6) is -0.153. The summed E-state index contributed by atoms with van der Waals surface area (Å²) >= 11 is 0. The van der Waals surface area contributed by atoms with E-state index >= 15 is 0 Å². The lowest BCUT2D eigenvalue weighted by atomic mass is 9.99. The van der Waals surface area contributed by atoms with Crippen LogP contribution in [0.5, 0.6) is 0 Å². The van der Waals surface area contributed by atoms with Crippen LogP contribution in [0.3, 0.4) is 0 Å². The number of hydrogen-bond donors (Lipinski definition) is 6. The van der Waals surface area contributed by atoms with E-state index in [0.29, 0.717) is 12.8 Å². The molecule has 0 aromatic heterocycles. The molecule has 7 unspecified atom stereocenters. The average Bonchev–Trinajstić information content (AvgIpc) is 3.36. The number of rotatable bonds is 47. The standard InChI is InChI=1S/C61H105NO8/c1-3-5-7-9-11-13-15-17-18-19-20-21-22-23-24-25-26-27-28-29-30-31-32-33-34-35-36-37-38-39-41-43-45-47-49-51-57(65)62-54(53-69-61-60(68)59(67)58(66)56(52-63)70-61)55(64)50-48-46-44-42-40-16-14-12-10-8-6-4-2/h5,7,11,13,17-18,20-21,23-24,26-27,29-30,32-33,54-56,58-61,63-64,66-68H,3-4,6,8-10,12,14-16,19,22,25,28,31,34-53H2,1-2H3,(H,62,65)/b7-5-,13-11-,18-17-,21-20-,24-23-,27-26-,30-29-,33-32-. The lowest BCUT2D eigenvalue weighted by Gasteiger charge is -2.40. The maximum atomic E-state index is 13.0. The van der Waals surface area contributed by atoms with Crippen molar-refractivity contribution in [1.82, 2.24) is 5.32 Å². The van der Waals surface area contributed by atoms with Gasteiger partial charge in [-0.15, -0.1) is 0 Å². The van der Waals surface area contributed by atoms with E-state index in [9.17, 15) is 30.3 Å². The third-order valence-corrected chi connectivity index (χ3v) is 13.0. The monoisotopic (exact) mass is 980 g/mol. The van der Waals surface area contributed by atoms with Crippen LogP contribution in [0.1, 0.15) is 226 Å². The Morgan fingerprint density at radius 1 is 0.500 bits per heavy atom. The molecule has 1 saturated heterocycles. The fourth-order valence-electron chi connectivity index (χ4n) is 8.47. The average molecular weight is 981 g/mol. The highest BCUT2D eigenvalue weighted by Gasteiger charge is 2.44. The molecule has 0 spiro atoms. The molecule has 1 rings (SSSR count). The van der Waals surface area contributed by atoms with Crippen LogP contribution in [-0.4, -0.2) is 87.5 Å². The zero-order chi connectivity index (χ0) is 50.8. The highest BCUT2D eigenvalue weighted by Crippen LogP contribution is 2.23. The minimum Gasteiger partial charge on any atom is -0.394 e. The molecule has 1 heterocycles. The van der Waals surface area contributed by atoms with Gasteiger partial charge >= 0.3 is 0 Å². The van der Waals surface area contributed by atoms with Crippen LogP contribution in [0.15, 0.2) is 97.2 Å². The maximum absolute atomic E-state index is 13.0. The number of carbonyl (C=O) groups is 1. The topological polar surface area (TPSA) is 149 Å². The van der Waals surface area contributed by atoms with Crippen molar-refractivity contribution in [2.24, 2.45) is 0 Å². The third kappa shape index (κ3) is 38.7. The van der Waals surface area contributed by atoms with Crippen molar-refractivity contribution in [2.75, 3.05) is 13.2 Å². The number of carbonyl (C=O) groups excluding carboxylic acids is 1. The molecule has 0 aromatic rings. The molecular formula is C61H105NO8. The molecule has 0 aliphatic carbocycles. The molecule has 9 nitrogen and oxygen atoms in total. The molecular weight excluding hydrogens is 875 g/mol. The van der Waals surface area contributed by atoms with Gasteiger partial charge in [0.05, 0.1) is 25.4 Å². The SMILES string of the molecule is CC/C=C\C/C=C\C/C=C\C/C=C\C/C=C\C/C=C\C/C=C\C/C=C\CCCCCCCCCCCCC(=O)NC(COC1OC(CO)C(O)C(O)C1O)C(O)CCCCCCCCCCCCCC. The third-order valence-electron chi connectivity index (χ3n) is 13.0. The van der Waals surface area contributed by atoms with Gasteiger partial charge in [-0.1, -0.05) is 239 Å². The summed E-state index contributed by atoms with van der Waals surface area (Å²) in [7, 11) is 0. The summed E-state index contributed by atoms with van der Waals surface area (Å²) in [6, 6.07) is -0.726. The molecule has 9 heteroatoms. The van der Waals surface area contributed by atoms with Crippen LogP contribution in [0.2, 0.25) is 0 Å². The lowest BCUT2D eigenvalue weighted by Crippen LogP contribution is -2.60. The Morgan fingerprint density at radius 3 is 1.31 bits per heavy atom. The maximum Gasteiger partial charge on any atom is 0.220 e. The molecule has 1 aliphatic heterocycles. The van der Waals surface area contributed by atoms with Crippen molar-refractivity contribution in [1.29, 1.82) is 0 Å². The minimum atomic E-state index is -1.56. The molecule has 6 N–H and O–H groups in total. The lowest BCUT2D eigenvalue weighted by molar-refractivity contribution is -0.302. The summed E-state index contributed by atoms with van der Waals surface area (Å²) in [5.41, 5.74) is 0. The van der Waals surface area contributed by atoms with Crippen LogP contribution in [0, 0.1) is 0 Å². The molecule has 0 saturated carbocycles. The van der Waals surface area contributed by atoms with Gasteiger partial charge < -0.3 is 40.3 Å². The molecule has 1 aliphatic rings. The normalized spacial score (nSPS) is 20.1. The van der Waals surface area contributed by atoms with E-state index in [1.807, 2.05) is 0 Å². The van der Waals surface area contributed by atoms with Crippen molar-refractivity contribution in [3.63, 3.8) is 0 Å². The van der Waals surface area contributed by atoms with Gasteiger partial charge in [0.2, 0.25) is 5.91 Å². The Labute approximate surface area is 428 Å². The Bertz CT molecular complexity index is 1420. The second kappa shape index (κ2) is 49.7. The number of aliphatic hydroxyl groups excluding tert-OH is 5. The summed E-state index contributed by atoms with van der Waals surface area (Å²) < 4.78 is 11.3. The Balaban J connectivity index is 2.15. The van der Waals surface area contributed by atoms with Crippen LogP contribution in [-0.2, 0) is 14.3 Å². The number of hydrogen-bond acceptors (Lipinski definition) is 8. The van der Waals surface area contributed by atoms with Crippen molar-refractivity contribution >= 4 is 5.91 Å². The molecule has 1 fully saturated rings. The van der Waals surface area contributed by atoms with Gasteiger partial charge in [-0.25, -0.2) is 0 Å². The van der Waals surface area contributed by atoms with E-state index in [2.05, 4.69) is 116 Å². The second-order valence-corrected chi connectivity index (χ2v) is 19.4. The summed E-state index contributed by atoms with van der Waals surface area (Å²) in [4.78, 5) is 13.0. The fourth-order valence-corrected chi connectivity index (χ4v) is 8.47. The first-order chi connectivity index (χ1) is 34.3. The van der Waals surface area contributed by atoms with Gasteiger partial charge in [0, 0.05) is 6.42 Å². The van der Waals surface area contributed by atoms with Crippen LogP contribution < -0.4 is 5.32 Å². The number of allylic oxidation sites excluding steroid dienone is 16. The molecule has 402 valence electrons. The summed E-state index contributed by atoms with van der Waals surface area (Å²) in [6.07, 6.45) is 64.3. The number of amides is 1. The summed E-state index contributed by atoms with van der Waals surface area (Å²) in [5, 5.41) is 54.5. The first kappa shape index (κ1) is 65.1. The Hall–Kier alpha value is -2.89. The molecule has 0 aromatic carbocycles. The largest absolute Gasteiger partial charge is 0.394 e. The number of aliphatic hydroxyl groups is 5. The minimum absolute atomic E-state index is 0.144. The van der Waals surface area contributed by atoms with Gasteiger partial charge in [0.15, 0.2) is 6.29 Å². The van der Waals surface area contributed by atoms with E-state index < -0.39 is 49.5 Å². The zero-order valence-electron chi connectivity index (χ0n) is 44.5. The zero-order valence-corrected chi connectivity index (χ0v) is 44.5. The van der Waals surface area contributed by atoms with Crippen molar-refractivity contribution < 1.29 is 39.8 Å². The molecule has 0 bridgehead atoms. The Kier molecular flexibility index (Phi) is 46.2. The molecule has 0 radical (unpaired) electrons. The molecule has 70 heavy (non-hydrogen) atoms. The fraction of sp³-hybridized carbons (Fsp3) is 0.721.